The van der Waals surface area contributed by atoms with Crippen LogP contribution in [0.15, 0.2) is 11.8 Å². The number of alkyl halides is 1. The van der Waals surface area contributed by atoms with Crippen molar-refractivity contribution in [3.05, 3.63) is 11.8 Å². The molecule has 0 saturated heterocycles. The number of hydrogen-bond acceptors (Lipinski definition) is 2. The van der Waals surface area contributed by atoms with Crippen LogP contribution in [0.3, 0.4) is 0 Å². The molecular weight excluding hydrogens is 209 g/mol. The lowest BCUT2D eigenvalue weighted by molar-refractivity contribution is 0.252. The molecule has 0 fully saturated rings. The van der Waals surface area contributed by atoms with E-state index in [-0.39, 0.29) is 0 Å². The van der Waals surface area contributed by atoms with Gasteiger partial charge in [0.05, 0.1) is 0 Å². The first-order valence-electron chi connectivity index (χ1n) is 5.77. The first kappa shape index (κ1) is 12.9. The van der Waals surface area contributed by atoms with E-state index >= 15 is 0 Å². The van der Waals surface area contributed by atoms with Crippen molar-refractivity contribution in [2.75, 3.05) is 5.75 Å². The standard InChI is InChI=1S/C12H22FNS/c1-4-10-5-7-11(8-6-10)14-15-9-12(2,3)13/h7,10,14H,4-6,8-9H2,1-3H3. The molecular formula is C12H22FNS. The quantitative estimate of drug-likeness (QED) is 0.716. The third-order valence-corrected chi connectivity index (χ3v) is 3.95. The van der Waals surface area contributed by atoms with Gasteiger partial charge in [0.1, 0.15) is 5.67 Å². The molecule has 0 bridgehead atoms. The van der Waals surface area contributed by atoms with Crippen LogP contribution >= 0.6 is 11.9 Å². The predicted molar refractivity (Wildman–Crippen MR) is 66.5 cm³/mol. The topological polar surface area (TPSA) is 12.0 Å². The van der Waals surface area contributed by atoms with E-state index in [0.29, 0.717) is 5.75 Å². The molecule has 1 unspecified atom stereocenters. The Labute approximate surface area is 97.0 Å². The normalized spacial score (nSPS) is 22.4. The highest BCUT2D eigenvalue weighted by Crippen LogP contribution is 2.26. The number of nitrogens with one attached hydrogen (secondary N) is 1. The lowest BCUT2D eigenvalue weighted by Crippen LogP contribution is -2.20. The van der Waals surface area contributed by atoms with Crippen LogP contribution in [0.4, 0.5) is 4.39 Å². The van der Waals surface area contributed by atoms with Crippen molar-refractivity contribution in [3.8, 4) is 0 Å². The molecule has 0 aromatic carbocycles. The highest BCUT2D eigenvalue weighted by atomic mass is 32.2. The van der Waals surface area contributed by atoms with Crippen LogP contribution in [-0.2, 0) is 0 Å². The minimum atomic E-state index is -1.08. The fourth-order valence-electron chi connectivity index (χ4n) is 1.65. The van der Waals surface area contributed by atoms with Gasteiger partial charge in [-0.2, -0.15) is 0 Å². The van der Waals surface area contributed by atoms with E-state index in [2.05, 4.69) is 17.7 Å². The molecule has 0 amide bonds. The van der Waals surface area contributed by atoms with E-state index in [1.54, 1.807) is 13.8 Å². The van der Waals surface area contributed by atoms with Crippen molar-refractivity contribution in [1.82, 2.24) is 4.72 Å². The summed E-state index contributed by atoms with van der Waals surface area (Å²) in [6.45, 7) is 5.48. The molecule has 3 heteroatoms. The van der Waals surface area contributed by atoms with Crippen LogP contribution in [-0.4, -0.2) is 11.4 Å². The van der Waals surface area contributed by atoms with Crippen LogP contribution in [0.5, 0.6) is 0 Å². The van der Waals surface area contributed by atoms with Gasteiger partial charge in [-0.1, -0.05) is 19.4 Å². The molecule has 0 heterocycles. The molecule has 15 heavy (non-hydrogen) atoms. The highest BCUT2D eigenvalue weighted by molar-refractivity contribution is 7.97. The molecule has 1 aliphatic rings. The van der Waals surface area contributed by atoms with Gasteiger partial charge in [-0.15, -0.1) is 0 Å². The SMILES string of the molecule is CCC1CC=C(NSCC(C)(C)F)CC1. The van der Waals surface area contributed by atoms with E-state index < -0.39 is 5.67 Å². The molecule has 1 N–H and O–H groups in total. The van der Waals surface area contributed by atoms with Crippen molar-refractivity contribution in [3.63, 3.8) is 0 Å². The molecule has 0 saturated carbocycles. The van der Waals surface area contributed by atoms with Crippen molar-refractivity contribution in [2.24, 2.45) is 5.92 Å². The van der Waals surface area contributed by atoms with E-state index in [1.807, 2.05) is 0 Å². The Morgan fingerprint density at radius 1 is 1.60 bits per heavy atom. The third-order valence-electron chi connectivity index (χ3n) is 2.72. The smallest absolute Gasteiger partial charge is 0.116 e. The number of halogens is 1. The Morgan fingerprint density at radius 3 is 2.80 bits per heavy atom. The van der Waals surface area contributed by atoms with E-state index in [0.717, 1.165) is 12.3 Å². The maximum atomic E-state index is 13.2. The van der Waals surface area contributed by atoms with Gasteiger partial charge in [0.15, 0.2) is 0 Å². The minimum Gasteiger partial charge on any atom is -0.334 e. The maximum absolute atomic E-state index is 13.2. The van der Waals surface area contributed by atoms with Gasteiger partial charge in [-0.05, 0) is 51.0 Å². The average molecular weight is 231 g/mol. The van der Waals surface area contributed by atoms with Gasteiger partial charge in [0.25, 0.3) is 0 Å². The number of allylic oxidation sites excluding steroid dienone is 2. The summed E-state index contributed by atoms with van der Waals surface area (Å²) in [6.07, 6.45) is 7.12. The molecule has 0 radical (unpaired) electrons. The number of rotatable bonds is 5. The fraction of sp³-hybridized carbons (Fsp3) is 0.833. The Morgan fingerprint density at radius 2 is 2.33 bits per heavy atom. The molecule has 0 aromatic heterocycles. The second-order valence-corrected chi connectivity index (χ2v) is 5.67. The van der Waals surface area contributed by atoms with Gasteiger partial charge < -0.3 is 4.72 Å². The third kappa shape index (κ3) is 5.45. The van der Waals surface area contributed by atoms with Crippen molar-refractivity contribution >= 4 is 11.9 Å². The molecule has 1 aliphatic carbocycles. The summed E-state index contributed by atoms with van der Waals surface area (Å²) in [5.74, 6) is 1.36. The van der Waals surface area contributed by atoms with Crippen molar-refractivity contribution < 1.29 is 4.39 Å². The van der Waals surface area contributed by atoms with E-state index in [1.165, 1.54) is 36.9 Å². The maximum Gasteiger partial charge on any atom is 0.116 e. The molecule has 1 atom stereocenters. The van der Waals surface area contributed by atoms with E-state index in [4.69, 9.17) is 0 Å². The molecule has 1 nitrogen and oxygen atoms in total. The predicted octanol–water partition coefficient (Wildman–Crippen LogP) is 4.07. The summed E-state index contributed by atoms with van der Waals surface area (Å²) in [4.78, 5) is 0. The van der Waals surface area contributed by atoms with Gasteiger partial charge in [0.2, 0.25) is 0 Å². The lowest BCUT2D eigenvalue weighted by atomic mass is 9.91. The second-order valence-electron chi connectivity index (χ2n) is 4.89. The lowest BCUT2D eigenvalue weighted by Gasteiger charge is -2.22. The van der Waals surface area contributed by atoms with Crippen molar-refractivity contribution in [1.29, 1.82) is 0 Å². The zero-order valence-electron chi connectivity index (χ0n) is 9.98. The highest BCUT2D eigenvalue weighted by Gasteiger charge is 2.16. The van der Waals surface area contributed by atoms with Crippen LogP contribution in [0.2, 0.25) is 0 Å². The summed E-state index contributed by atoms with van der Waals surface area (Å²) < 4.78 is 16.4. The zero-order chi connectivity index (χ0) is 11.3. The summed E-state index contributed by atoms with van der Waals surface area (Å²) in [7, 11) is 0. The Balaban J connectivity index is 2.20. The Kier molecular flexibility index (Phi) is 4.97. The van der Waals surface area contributed by atoms with Crippen LogP contribution in [0.25, 0.3) is 0 Å². The zero-order valence-corrected chi connectivity index (χ0v) is 10.8. The van der Waals surface area contributed by atoms with Crippen molar-refractivity contribution in [2.45, 2.75) is 52.1 Å². The summed E-state index contributed by atoms with van der Waals surface area (Å²) in [5.41, 5.74) is 0.202. The van der Waals surface area contributed by atoms with Gasteiger partial charge in [-0.3, -0.25) is 0 Å². The Bertz CT molecular complexity index is 220. The van der Waals surface area contributed by atoms with Crippen LogP contribution in [0, 0.1) is 5.92 Å². The Hall–Kier alpha value is -0.180. The van der Waals surface area contributed by atoms with E-state index in [9.17, 15) is 4.39 Å². The average Bonchev–Trinajstić information content (AvgIpc) is 2.17. The molecule has 0 aromatic rings. The fourth-order valence-corrected chi connectivity index (χ4v) is 2.44. The molecule has 0 spiro atoms. The summed E-state index contributed by atoms with van der Waals surface area (Å²) in [6, 6.07) is 0. The van der Waals surface area contributed by atoms with Gasteiger partial charge in [-0.25, -0.2) is 4.39 Å². The first-order valence-corrected chi connectivity index (χ1v) is 6.75. The second kappa shape index (κ2) is 5.78. The first-order chi connectivity index (χ1) is 7.01. The molecule has 0 aliphatic heterocycles. The molecule has 88 valence electrons. The van der Waals surface area contributed by atoms with Gasteiger partial charge in [0, 0.05) is 11.4 Å². The van der Waals surface area contributed by atoms with Crippen LogP contribution < -0.4 is 4.72 Å². The minimum absolute atomic E-state index is 0.502. The summed E-state index contributed by atoms with van der Waals surface area (Å²) in [5, 5.41) is 0. The van der Waals surface area contributed by atoms with Crippen LogP contribution in [0.1, 0.15) is 46.5 Å². The largest absolute Gasteiger partial charge is 0.334 e. The summed E-state index contributed by atoms with van der Waals surface area (Å²) >= 11 is 1.48. The monoisotopic (exact) mass is 231 g/mol. The number of hydrogen-bond donors (Lipinski definition) is 1. The molecule has 1 rings (SSSR count). The van der Waals surface area contributed by atoms with Gasteiger partial charge >= 0.3 is 0 Å².